The molecule has 1 aliphatic heterocycles. The number of halogens is 3. The van der Waals surface area contributed by atoms with Gasteiger partial charge in [0.15, 0.2) is 10.6 Å². The molecule has 37 heavy (non-hydrogen) atoms. The number of hydrogen-bond donors (Lipinski definition) is 1. The molecule has 200 valence electrons. The van der Waals surface area contributed by atoms with Gasteiger partial charge in [0.2, 0.25) is 10.0 Å². The van der Waals surface area contributed by atoms with Gasteiger partial charge in [-0.2, -0.15) is 9.40 Å². The number of carboxylic acids is 1. The Kier molecular flexibility index (Phi) is 7.40. The lowest BCUT2D eigenvalue weighted by molar-refractivity contribution is -0.274. The van der Waals surface area contributed by atoms with Crippen LogP contribution < -0.4 is 15.2 Å². The highest BCUT2D eigenvalue weighted by molar-refractivity contribution is 7.89. The van der Waals surface area contributed by atoms with Crippen molar-refractivity contribution in [2.45, 2.75) is 23.8 Å². The largest absolute Gasteiger partial charge is 0.573 e. The third-order valence-corrected chi connectivity index (χ3v) is 8.42. The Bertz CT molecular complexity index is 1460. The normalized spacial score (nSPS) is 17.3. The number of hydrogen-bond acceptors (Lipinski definition) is 10. The number of thiazole rings is 1. The van der Waals surface area contributed by atoms with Crippen LogP contribution in [0.25, 0.3) is 10.2 Å². The zero-order valence-corrected chi connectivity index (χ0v) is 20.7. The number of ether oxygens (including phenoxy) is 2. The van der Waals surface area contributed by atoms with Gasteiger partial charge in [0.1, 0.15) is 11.8 Å². The summed E-state index contributed by atoms with van der Waals surface area (Å²) in [6, 6.07) is 1.98. The molecule has 12 nitrogen and oxygen atoms in total. The van der Waals surface area contributed by atoms with E-state index in [-0.39, 0.29) is 43.2 Å². The first kappa shape index (κ1) is 26.8. The number of anilines is 1. The van der Waals surface area contributed by atoms with Crippen molar-refractivity contribution >= 4 is 42.7 Å². The Hall–Kier alpha value is -3.28. The van der Waals surface area contributed by atoms with Gasteiger partial charge in [-0.15, -0.1) is 13.2 Å². The Labute approximate surface area is 211 Å². The van der Waals surface area contributed by atoms with Crippen molar-refractivity contribution in [1.82, 2.24) is 19.1 Å². The van der Waals surface area contributed by atoms with Crippen molar-refractivity contribution in [2.75, 3.05) is 38.3 Å². The van der Waals surface area contributed by atoms with E-state index in [0.717, 1.165) is 39.9 Å². The van der Waals surface area contributed by atoms with Crippen molar-refractivity contribution < 1.29 is 41.0 Å². The second-order valence-corrected chi connectivity index (χ2v) is 10.7. The minimum absolute atomic E-state index is 0.0589. The number of nitrogens with zero attached hydrogens (tertiary/aromatic N) is 5. The number of fused-ring (bicyclic) bond motifs is 1. The predicted octanol–water partition coefficient (Wildman–Crippen LogP) is 1.36. The van der Waals surface area contributed by atoms with Crippen LogP contribution in [-0.2, 0) is 26.1 Å². The van der Waals surface area contributed by atoms with Crippen LogP contribution >= 0.6 is 11.3 Å². The van der Waals surface area contributed by atoms with Gasteiger partial charge in [0, 0.05) is 26.7 Å². The molecule has 0 aliphatic carbocycles. The average Bonchev–Trinajstić information content (AvgIpc) is 3.28. The third kappa shape index (κ3) is 5.68. The highest BCUT2D eigenvalue weighted by atomic mass is 32.2. The molecule has 4 rings (SSSR count). The van der Waals surface area contributed by atoms with E-state index >= 15 is 0 Å². The Morgan fingerprint density at radius 2 is 1.95 bits per heavy atom. The molecule has 1 fully saturated rings. The zero-order chi connectivity index (χ0) is 27.0. The SMILES string of the molecule is COCCn1ncc2sc(N3CCN(S(=O)(=O)c4ccc(OC(F)(F)F)cc4)[C@@H](C(=O)O)C3)nc2c1=O. The first-order chi connectivity index (χ1) is 17.4. The summed E-state index contributed by atoms with van der Waals surface area (Å²) in [6.45, 7) is 0.0357. The summed E-state index contributed by atoms with van der Waals surface area (Å²) in [7, 11) is -2.88. The third-order valence-electron chi connectivity index (χ3n) is 5.45. The minimum Gasteiger partial charge on any atom is -0.480 e. The van der Waals surface area contributed by atoms with Crippen molar-refractivity contribution in [1.29, 1.82) is 0 Å². The second-order valence-electron chi connectivity index (χ2n) is 7.81. The summed E-state index contributed by atoms with van der Waals surface area (Å²) in [5.41, 5.74) is -0.291. The van der Waals surface area contributed by atoms with Crippen LogP contribution in [0.15, 0.2) is 40.2 Å². The molecule has 0 spiro atoms. The van der Waals surface area contributed by atoms with Crippen LogP contribution in [0.2, 0.25) is 0 Å². The van der Waals surface area contributed by atoms with Gasteiger partial charge in [0.05, 0.1) is 28.9 Å². The summed E-state index contributed by atoms with van der Waals surface area (Å²) in [5, 5.41) is 14.2. The molecule has 0 saturated carbocycles. The van der Waals surface area contributed by atoms with Crippen LogP contribution in [-0.4, -0.2) is 84.3 Å². The van der Waals surface area contributed by atoms with Gasteiger partial charge < -0.3 is 19.5 Å². The number of aromatic nitrogens is 3. The molecule has 3 heterocycles. The topological polar surface area (TPSA) is 144 Å². The maximum atomic E-state index is 13.2. The highest BCUT2D eigenvalue weighted by Gasteiger charge is 2.41. The fraction of sp³-hybridized carbons (Fsp3) is 0.400. The molecule has 0 bridgehead atoms. The van der Waals surface area contributed by atoms with Crippen molar-refractivity contribution in [3.05, 3.63) is 40.8 Å². The number of carbonyl (C=O) groups is 1. The number of rotatable bonds is 8. The number of sulfonamides is 1. The van der Waals surface area contributed by atoms with Crippen molar-refractivity contribution in [3.8, 4) is 5.75 Å². The number of methoxy groups -OCH3 is 1. The smallest absolute Gasteiger partial charge is 0.480 e. The monoisotopic (exact) mass is 563 g/mol. The molecule has 0 amide bonds. The van der Waals surface area contributed by atoms with Crippen LogP contribution in [0, 0.1) is 0 Å². The molecule has 2 aromatic heterocycles. The highest BCUT2D eigenvalue weighted by Crippen LogP contribution is 2.31. The number of benzene rings is 1. The molecule has 3 aromatic rings. The fourth-order valence-electron chi connectivity index (χ4n) is 3.71. The lowest BCUT2D eigenvalue weighted by atomic mass is 10.2. The fourth-order valence-corrected chi connectivity index (χ4v) is 6.23. The van der Waals surface area contributed by atoms with E-state index in [9.17, 15) is 36.3 Å². The molecule has 17 heteroatoms. The van der Waals surface area contributed by atoms with Crippen LogP contribution in [0.5, 0.6) is 5.75 Å². The van der Waals surface area contributed by atoms with Crippen LogP contribution in [0.4, 0.5) is 18.3 Å². The number of aliphatic carboxylic acids is 1. The molecule has 0 radical (unpaired) electrons. The predicted molar refractivity (Wildman–Crippen MR) is 124 cm³/mol. The maximum Gasteiger partial charge on any atom is 0.573 e. The summed E-state index contributed by atoms with van der Waals surface area (Å²) in [4.78, 5) is 30.2. The lowest BCUT2D eigenvalue weighted by Gasteiger charge is -2.38. The van der Waals surface area contributed by atoms with E-state index < -0.39 is 39.7 Å². The summed E-state index contributed by atoms with van der Waals surface area (Å²) < 4.78 is 74.7. The van der Waals surface area contributed by atoms with Crippen molar-refractivity contribution in [2.24, 2.45) is 0 Å². The van der Waals surface area contributed by atoms with Gasteiger partial charge in [-0.25, -0.2) is 18.1 Å². The van der Waals surface area contributed by atoms with Crippen LogP contribution in [0.1, 0.15) is 0 Å². The van der Waals surface area contributed by atoms with E-state index in [1.54, 1.807) is 4.90 Å². The van der Waals surface area contributed by atoms with Gasteiger partial charge >= 0.3 is 12.3 Å². The lowest BCUT2D eigenvalue weighted by Crippen LogP contribution is -2.58. The van der Waals surface area contributed by atoms with Gasteiger partial charge in [-0.1, -0.05) is 11.3 Å². The van der Waals surface area contributed by atoms with Crippen molar-refractivity contribution in [3.63, 3.8) is 0 Å². The van der Waals surface area contributed by atoms with Gasteiger partial charge in [0.25, 0.3) is 5.56 Å². The molecule has 1 saturated heterocycles. The molecule has 1 N–H and O–H groups in total. The van der Waals surface area contributed by atoms with E-state index in [1.807, 2.05) is 0 Å². The maximum absolute atomic E-state index is 13.2. The van der Waals surface area contributed by atoms with E-state index in [2.05, 4.69) is 14.8 Å². The molecular weight excluding hydrogens is 543 g/mol. The minimum atomic E-state index is -4.95. The van der Waals surface area contributed by atoms with Crippen LogP contribution in [0.3, 0.4) is 0 Å². The molecule has 0 unspecified atom stereocenters. The summed E-state index contributed by atoms with van der Waals surface area (Å²) in [6.07, 6.45) is -3.48. The molecule has 1 aliphatic rings. The average molecular weight is 564 g/mol. The molecular formula is C20H20F3N5O7S2. The van der Waals surface area contributed by atoms with E-state index in [0.29, 0.717) is 9.83 Å². The Balaban J connectivity index is 1.57. The zero-order valence-electron chi connectivity index (χ0n) is 19.1. The van der Waals surface area contributed by atoms with E-state index in [1.165, 1.54) is 18.0 Å². The first-order valence-electron chi connectivity index (χ1n) is 10.6. The Morgan fingerprint density at radius 3 is 2.57 bits per heavy atom. The second kappa shape index (κ2) is 10.2. The molecule has 1 atom stereocenters. The number of carboxylic acid groups (broad SMARTS) is 1. The quantitative estimate of drug-likeness (QED) is 0.427. The van der Waals surface area contributed by atoms with Gasteiger partial charge in [-0.3, -0.25) is 9.59 Å². The summed E-state index contributed by atoms with van der Waals surface area (Å²) in [5.74, 6) is -2.03. The number of alkyl halides is 3. The standard InChI is InChI=1S/C20H20F3N5O7S2/c1-34-9-8-27-17(29)16-15(10-24-27)36-19(25-16)26-6-7-28(14(11-26)18(30)31)37(32,33)13-4-2-12(3-5-13)35-20(21,22)23/h2-5,10,14H,6-9,11H2,1H3,(H,30,31)/t14-/m1/s1. The number of piperazine rings is 1. The van der Waals surface area contributed by atoms with E-state index in [4.69, 9.17) is 4.74 Å². The van der Waals surface area contributed by atoms with Gasteiger partial charge in [-0.05, 0) is 24.3 Å². The summed E-state index contributed by atoms with van der Waals surface area (Å²) >= 11 is 1.12. The molecule has 1 aromatic carbocycles. The first-order valence-corrected chi connectivity index (χ1v) is 12.9. The Morgan fingerprint density at radius 1 is 1.24 bits per heavy atom.